The van der Waals surface area contributed by atoms with Crippen molar-refractivity contribution >= 4 is 5.69 Å². The van der Waals surface area contributed by atoms with E-state index in [0.29, 0.717) is 12.6 Å². The number of nitro groups is 1. The van der Waals surface area contributed by atoms with E-state index in [9.17, 15) is 10.1 Å². The van der Waals surface area contributed by atoms with Crippen LogP contribution in [0.25, 0.3) is 0 Å². The van der Waals surface area contributed by atoms with Gasteiger partial charge < -0.3 is 10.1 Å². The first kappa shape index (κ1) is 14.0. The van der Waals surface area contributed by atoms with Gasteiger partial charge in [0.15, 0.2) is 0 Å². The summed E-state index contributed by atoms with van der Waals surface area (Å²) >= 11 is 0. The number of hydrogen-bond donors (Lipinski definition) is 1. The van der Waals surface area contributed by atoms with Gasteiger partial charge in [0.05, 0.1) is 17.6 Å². The summed E-state index contributed by atoms with van der Waals surface area (Å²) < 4.78 is 5.74. The molecule has 0 aromatic heterocycles. The minimum absolute atomic E-state index is 0.133. The highest BCUT2D eigenvalue weighted by Gasteiger charge is 2.14. The highest BCUT2D eigenvalue weighted by atomic mass is 16.6. The summed E-state index contributed by atoms with van der Waals surface area (Å²) in [6.45, 7) is 2.26. The van der Waals surface area contributed by atoms with Crippen molar-refractivity contribution in [1.82, 2.24) is 5.32 Å². The maximum atomic E-state index is 10.5. The van der Waals surface area contributed by atoms with Crippen LogP contribution in [-0.2, 0) is 11.3 Å². The average molecular weight is 264 g/mol. The molecular weight excluding hydrogens is 244 g/mol. The minimum Gasteiger partial charge on any atom is -0.377 e. The van der Waals surface area contributed by atoms with Crippen molar-refractivity contribution < 1.29 is 9.66 Å². The molecule has 0 heterocycles. The van der Waals surface area contributed by atoms with Crippen molar-refractivity contribution in [3.05, 3.63) is 39.9 Å². The normalized spacial score (nSPS) is 15.8. The van der Waals surface area contributed by atoms with Crippen LogP contribution in [0.1, 0.15) is 31.2 Å². The first-order valence-corrected chi connectivity index (χ1v) is 6.81. The van der Waals surface area contributed by atoms with E-state index in [1.54, 1.807) is 12.1 Å². The van der Waals surface area contributed by atoms with E-state index < -0.39 is 0 Å². The number of non-ortho nitro benzene ring substituents is 1. The van der Waals surface area contributed by atoms with Crippen molar-refractivity contribution in [1.29, 1.82) is 0 Å². The molecule has 2 rings (SSSR count). The number of ether oxygens (including phenoxy) is 1. The molecule has 0 radical (unpaired) electrons. The molecule has 0 amide bonds. The number of benzene rings is 1. The van der Waals surface area contributed by atoms with Crippen molar-refractivity contribution in [2.75, 3.05) is 13.2 Å². The van der Waals surface area contributed by atoms with Gasteiger partial charge in [0.25, 0.3) is 5.69 Å². The summed E-state index contributed by atoms with van der Waals surface area (Å²) in [6.07, 6.45) is 5.44. The largest absolute Gasteiger partial charge is 0.377 e. The van der Waals surface area contributed by atoms with Crippen molar-refractivity contribution in [3.63, 3.8) is 0 Å². The molecule has 5 nitrogen and oxygen atoms in total. The van der Waals surface area contributed by atoms with Crippen molar-refractivity contribution in [2.45, 2.75) is 38.3 Å². The fourth-order valence-corrected chi connectivity index (χ4v) is 2.32. The van der Waals surface area contributed by atoms with Gasteiger partial charge in [-0.15, -0.1) is 0 Å². The molecule has 0 unspecified atom stereocenters. The number of nitrogens with one attached hydrogen (secondary N) is 1. The predicted molar refractivity (Wildman–Crippen MR) is 73.0 cm³/mol. The lowest BCUT2D eigenvalue weighted by molar-refractivity contribution is -0.384. The van der Waals surface area contributed by atoms with Crippen LogP contribution in [0.5, 0.6) is 0 Å². The van der Waals surface area contributed by atoms with Gasteiger partial charge in [0.2, 0.25) is 0 Å². The second-order valence-electron chi connectivity index (χ2n) is 4.88. The Morgan fingerprint density at radius 1 is 1.26 bits per heavy atom. The molecule has 1 aromatic rings. The molecule has 0 aliphatic heterocycles. The molecule has 1 aromatic carbocycles. The van der Waals surface area contributed by atoms with Gasteiger partial charge in [-0.25, -0.2) is 0 Å². The number of nitrogens with zero attached hydrogens (tertiary/aromatic N) is 1. The van der Waals surface area contributed by atoms with E-state index in [4.69, 9.17) is 4.74 Å². The third-order valence-electron chi connectivity index (χ3n) is 3.41. The van der Waals surface area contributed by atoms with E-state index >= 15 is 0 Å². The van der Waals surface area contributed by atoms with E-state index in [1.807, 2.05) is 0 Å². The second-order valence-corrected chi connectivity index (χ2v) is 4.88. The molecule has 0 bridgehead atoms. The Labute approximate surface area is 113 Å². The van der Waals surface area contributed by atoms with Crippen LogP contribution >= 0.6 is 0 Å². The maximum absolute atomic E-state index is 10.5. The van der Waals surface area contributed by atoms with Crippen LogP contribution in [0.3, 0.4) is 0 Å². The molecule has 0 atom stereocenters. The van der Waals surface area contributed by atoms with Gasteiger partial charge in [0, 0.05) is 25.2 Å². The fraction of sp³-hybridized carbons (Fsp3) is 0.571. The first-order chi connectivity index (χ1) is 9.25. The lowest BCUT2D eigenvalue weighted by Crippen LogP contribution is -2.21. The molecular formula is C14H20N2O3. The van der Waals surface area contributed by atoms with E-state index in [2.05, 4.69) is 5.32 Å². The molecule has 104 valence electrons. The zero-order valence-electron chi connectivity index (χ0n) is 11.0. The smallest absolute Gasteiger partial charge is 0.269 e. The number of hydrogen-bond acceptors (Lipinski definition) is 4. The molecule has 1 fully saturated rings. The quantitative estimate of drug-likeness (QED) is 0.467. The van der Waals surface area contributed by atoms with Gasteiger partial charge in [-0.3, -0.25) is 10.1 Å². The standard InChI is InChI=1S/C14H20N2O3/c17-16(18)13-7-5-12(6-8-13)11-15-9-10-19-14-3-1-2-4-14/h5-8,14-15H,1-4,9-11H2. The van der Waals surface area contributed by atoms with Crippen LogP contribution in [0.4, 0.5) is 5.69 Å². The Balaban J connectivity index is 1.61. The summed E-state index contributed by atoms with van der Waals surface area (Å²) in [5, 5.41) is 13.8. The second kappa shape index (κ2) is 7.21. The summed E-state index contributed by atoms with van der Waals surface area (Å²) in [5.41, 5.74) is 1.18. The molecule has 0 spiro atoms. The molecule has 0 saturated heterocycles. The molecule has 1 N–H and O–H groups in total. The fourth-order valence-electron chi connectivity index (χ4n) is 2.32. The zero-order chi connectivity index (χ0) is 13.5. The highest BCUT2D eigenvalue weighted by molar-refractivity contribution is 5.32. The summed E-state index contributed by atoms with van der Waals surface area (Å²) in [6, 6.07) is 6.63. The molecule has 19 heavy (non-hydrogen) atoms. The van der Waals surface area contributed by atoms with Crippen LogP contribution in [0, 0.1) is 10.1 Å². The van der Waals surface area contributed by atoms with Gasteiger partial charge in [0.1, 0.15) is 0 Å². The Hall–Kier alpha value is -1.46. The van der Waals surface area contributed by atoms with Gasteiger partial charge in [-0.05, 0) is 18.4 Å². The Kier molecular flexibility index (Phi) is 5.30. The van der Waals surface area contributed by atoms with Crippen LogP contribution in [0.2, 0.25) is 0 Å². The van der Waals surface area contributed by atoms with E-state index in [0.717, 1.165) is 18.7 Å². The number of rotatable bonds is 7. The molecule has 5 heteroatoms. The third kappa shape index (κ3) is 4.61. The summed E-state index contributed by atoms with van der Waals surface area (Å²) in [4.78, 5) is 10.1. The van der Waals surface area contributed by atoms with Crippen molar-refractivity contribution in [3.8, 4) is 0 Å². The number of nitro benzene ring substituents is 1. The zero-order valence-corrected chi connectivity index (χ0v) is 11.0. The molecule has 1 saturated carbocycles. The van der Waals surface area contributed by atoms with E-state index in [1.165, 1.54) is 37.8 Å². The minimum atomic E-state index is -0.382. The van der Waals surface area contributed by atoms with Crippen LogP contribution in [-0.4, -0.2) is 24.2 Å². The summed E-state index contributed by atoms with van der Waals surface area (Å²) in [5.74, 6) is 0. The van der Waals surface area contributed by atoms with Crippen molar-refractivity contribution in [2.24, 2.45) is 0 Å². The lowest BCUT2D eigenvalue weighted by atomic mass is 10.2. The highest BCUT2D eigenvalue weighted by Crippen LogP contribution is 2.20. The maximum Gasteiger partial charge on any atom is 0.269 e. The van der Waals surface area contributed by atoms with Crippen LogP contribution in [0.15, 0.2) is 24.3 Å². The Bertz CT molecular complexity index is 400. The Morgan fingerprint density at radius 2 is 1.95 bits per heavy atom. The average Bonchev–Trinajstić information content (AvgIpc) is 2.92. The SMILES string of the molecule is O=[N+]([O-])c1ccc(CNCCOC2CCCC2)cc1. The predicted octanol–water partition coefficient (Wildman–Crippen LogP) is 2.64. The molecule has 1 aliphatic rings. The first-order valence-electron chi connectivity index (χ1n) is 6.81. The summed E-state index contributed by atoms with van der Waals surface area (Å²) in [7, 11) is 0. The topological polar surface area (TPSA) is 64.4 Å². The Morgan fingerprint density at radius 3 is 2.58 bits per heavy atom. The lowest BCUT2D eigenvalue weighted by Gasteiger charge is -2.11. The monoisotopic (exact) mass is 264 g/mol. The van der Waals surface area contributed by atoms with E-state index in [-0.39, 0.29) is 10.6 Å². The molecule has 1 aliphatic carbocycles. The third-order valence-corrected chi connectivity index (χ3v) is 3.41. The van der Waals surface area contributed by atoms with Gasteiger partial charge in [-0.2, -0.15) is 0 Å². The van der Waals surface area contributed by atoms with Gasteiger partial charge in [-0.1, -0.05) is 25.0 Å². The van der Waals surface area contributed by atoms with Crippen LogP contribution < -0.4 is 5.32 Å². The van der Waals surface area contributed by atoms with Gasteiger partial charge >= 0.3 is 0 Å².